The van der Waals surface area contributed by atoms with Crippen molar-refractivity contribution in [2.75, 3.05) is 13.1 Å². The Hall–Kier alpha value is -0.0800. The van der Waals surface area contributed by atoms with Gasteiger partial charge in [-0.3, -0.25) is 4.90 Å². The van der Waals surface area contributed by atoms with Crippen molar-refractivity contribution < 1.29 is 0 Å². The van der Waals surface area contributed by atoms with E-state index in [-0.39, 0.29) is 5.54 Å². The van der Waals surface area contributed by atoms with Crippen LogP contribution >= 0.6 is 0 Å². The molecule has 2 fully saturated rings. The summed E-state index contributed by atoms with van der Waals surface area (Å²) < 4.78 is 0. The molecule has 106 valence electrons. The fraction of sp³-hybridized carbons (Fsp3) is 1.00. The van der Waals surface area contributed by atoms with Gasteiger partial charge in [0, 0.05) is 18.1 Å². The van der Waals surface area contributed by atoms with Crippen molar-refractivity contribution in [1.29, 1.82) is 0 Å². The van der Waals surface area contributed by atoms with Crippen LogP contribution < -0.4 is 5.73 Å². The first-order chi connectivity index (χ1) is 8.57. The van der Waals surface area contributed by atoms with Crippen LogP contribution in [0.5, 0.6) is 0 Å². The SMILES string of the molecule is CCC1CCCCCN1C1(CN)CCCC1(C)C. The van der Waals surface area contributed by atoms with Crippen LogP contribution in [-0.4, -0.2) is 29.6 Å². The first-order valence-electron chi connectivity index (χ1n) is 8.04. The standard InChI is InChI=1S/C16H32N2/c1-4-14-9-6-5-7-12-18(14)16(13-17)11-8-10-15(16,2)3/h14H,4-13,17H2,1-3H3. The van der Waals surface area contributed by atoms with Crippen LogP contribution in [-0.2, 0) is 0 Å². The summed E-state index contributed by atoms with van der Waals surface area (Å²) in [5.74, 6) is 0. The number of hydrogen-bond acceptors (Lipinski definition) is 2. The highest BCUT2D eigenvalue weighted by Gasteiger charge is 2.52. The van der Waals surface area contributed by atoms with Crippen molar-refractivity contribution in [3.63, 3.8) is 0 Å². The molecule has 1 aliphatic carbocycles. The first kappa shape index (κ1) is 14.3. The molecule has 0 amide bonds. The van der Waals surface area contributed by atoms with Crippen LogP contribution in [0.15, 0.2) is 0 Å². The summed E-state index contributed by atoms with van der Waals surface area (Å²) in [6.07, 6.45) is 10.9. The molecular weight excluding hydrogens is 220 g/mol. The quantitative estimate of drug-likeness (QED) is 0.832. The van der Waals surface area contributed by atoms with Gasteiger partial charge in [-0.05, 0) is 44.1 Å². The third-order valence-corrected chi connectivity index (χ3v) is 5.89. The Kier molecular flexibility index (Phi) is 4.38. The van der Waals surface area contributed by atoms with Crippen molar-refractivity contribution in [3.05, 3.63) is 0 Å². The molecule has 0 bridgehead atoms. The van der Waals surface area contributed by atoms with E-state index in [4.69, 9.17) is 5.73 Å². The molecule has 1 heterocycles. The fourth-order valence-corrected chi connectivity index (χ4v) is 4.59. The van der Waals surface area contributed by atoms with Crippen molar-refractivity contribution >= 4 is 0 Å². The zero-order valence-electron chi connectivity index (χ0n) is 12.7. The lowest BCUT2D eigenvalue weighted by Gasteiger charge is -2.52. The van der Waals surface area contributed by atoms with Crippen LogP contribution in [0.1, 0.15) is 72.1 Å². The Morgan fingerprint density at radius 1 is 1.11 bits per heavy atom. The summed E-state index contributed by atoms with van der Waals surface area (Å²) in [5.41, 5.74) is 6.97. The number of likely N-dealkylation sites (tertiary alicyclic amines) is 1. The number of hydrogen-bond donors (Lipinski definition) is 1. The minimum atomic E-state index is 0.276. The molecule has 0 aromatic carbocycles. The summed E-state index contributed by atoms with van der Waals surface area (Å²) in [6, 6.07) is 0.772. The first-order valence-corrected chi connectivity index (χ1v) is 8.04. The topological polar surface area (TPSA) is 29.3 Å². The summed E-state index contributed by atoms with van der Waals surface area (Å²) in [6.45, 7) is 9.37. The maximum atomic E-state index is 6.30. The van der Waals surface area contributed by atoms with E-state index in [1.165, 1.54) is 57.9 Å². The predicted octanol–water partition coefficient (Wildman–Crippen LogP) is 3.55. The molecular formula is C16H32N2. The number of nitrogens with two attached hydrogens (primary N) is 1. The average Bonchev–Trinajstić information content (AvgIpc) is 2.55. The maximum Gasteiger partial charge on any atom is 0.0385 e. The zero-order valence-corrected chi connectivity index (χ0v) is 12.7. The van der Waals surface area contributed by atoms with Crippen LogP contribution in [0.25, 0.3) is 0 Å². The highest BCUT2D eigenvalue weighted by atomic mass is 15.3. The Balaban J connectivity index is 2.29. The van der Waals surface area contributed by atoms with Gasteiger partial charge in [-0.15, -0.1) is 0 Å². The lowest BCUT2D eigenvalue weighted by Crippen LogP contribution is -2.62. The van der Waals surface area contributed by atoms with E-state index in [1.807, 2.05) is 0 Å². The van der Waals surface area contributed by atoms with Gasteiger partial charge in [-0.1, -0.05) is 40.0 Å². The van der Waals surface area contributed by atoms with Gasteiger partial charge in [0.1, 0.15) is 0 Å². The van der Waals surface area contributed by atoms with Gasteiger partial charge in [0.25, 0.3) is 0 Å². The fourth-order valence-electron chi connectivity index (χ4n) is 4.59. The lowest BCUT2D eigenvalue weighted by molar-refractivity contribution is -0.0189. The normalized spacial score (nSPS) is 37.7. The molecule has 2 unspecified atom stereocenters. The summed E-state index contributed by atoms with van der Waals surface area (Å²) >= 11 is 0. The van der Waals surface area contributed by atoms with E-state index in [2.05, 4.69) is 25.7 Å². The molecule has 1 saturated carbocycles. The summed E-state index contributed by atoms with van der Waals surface area (Å²) in [5, 5.41) is 0. The average molecular weight is 252 g/mol. The largest absolute Gasteiger partial charge is 0.329 e. The minimum Gasteiger partial charge on any atom is -0.329 e. The molecule has 0 aromatic rings. The van der Waals surface area contributed by atoms with Gasteiger partial charge in [0.15, 0.2) is 0 Å². The molecule has 0 radical (unpaired) electrons. The van der Waals surface area contributed by atoms with Crippen molar-refractivity contribution in [2.24, 2.45) is 11.1 Å². The Bertz CT molecular complexity index is 274. The van der Waals surface area contributed by atoms with E-state index < -0.39 is 0 Å². The van der Waals surface area contributed by atoms with E-state index in [0.717, 1.165) is 12.6 Å². The van der Waals surface area contributed by atoms with E-state index in [9.17, 15) is 0 Å². The molecule has 1 saturated heterocycles. The Morgan fingerprint density at radius 3 is 2.44 bits per heavy atom. The van der Waals surface area contributed by atoms with Crippen molar-refractivity contribution in [2.45, 2.75) is 83.7 Å². The van der Waals surface area contributed by atoms with Gasteiger partial charge in [0.05, 0.1) is 0 Å². The molecule has 2 N–H and O–H groups in total. The second-order valence-corrected chi connectivity index (χ2v) is 7.08. The van der Waals surface area contributed by atoms with Crippen LogP contribution in [0.3, 0.4) is 0 Å². The third-order valence-electron chi connectivity index (χ3n) is 5.89. The number of nitrogens with zero attached hydrogens (tertiary/aromatic N) is 1. The lowest BCUT2D eigenvalue weighted by atomic mass is 9.72. The smallest absolute Gasteiger partial charge is 0.0385 e. The second kappa shape index (κ2) is 5.50. The van der Waals surface area contributed by atoms with Crippen LogP contribution in [0.2, 0.25) is 0 Å². The van der Waals surface area contributed by atoms with Gasteiger partial charge in [-0.25, -0.2) is 0 Å². The molecule has 2 heteroatoms. The monoisotopic (exact) mass is 252 g/mol. The molecule has 2 nitrogen and oxygen atoms in total. The molecule has 2 rings (SSSR count). The number of rotatable bonds is 3. The predicted molar refractivity (Wildman–Crippen MR) is 78.7 cm³/mol. The Labute approximate surface area is 113 Å². The maximum absolute atomic E-state index is 6.30. The van der Waals surface area contributed by atoms with E-state index in [1.54, 1.807) is 0 Å². The molecule has 18 heavy (non-hydrogen) atoms. The minimum absolute atomic E-state index is 0.276. The van der Waals surface area contributed by atoms with Crippen LogP contribution in [0.4, 0.5) is 0 Å². The van der Waals surface area contributed by atoms with Gasteiger partial charge in [-0.2, -0.15) is 0 Å². The third kappa shape index (κ3) is 2.22. The second-order valence-electron chi connectivity index (χ2n) is 7.08. The highest BCUT2D eigenvalue weighted by Crippen LogP contribution is 2.50. The van der Waals surface area contributed by atoms with E-state index in [0.29, 0.717) is 5.41 Å². The van der Waals surface area contributed by atoms with Gasteiger partial charge < -0.3 is 5.73 Å². The van der Waals surface area contributed by atoms with Crippen molar-refractivity contribution in [1.82, 2.24) is 4.90 Å². The molecule has 0 spiro atoms. The van der Waals surface area contributed by atoms with Gasteiger partial charge in [0.2, 0.25) is 0 Å². The zero-order chi connectivity index (χ0) is 13.2. The summed E-state index contributed by atoms with van der Waals surface area (Å²) in [4.78, 5) is 2.84. The molecule has 0 aromatic heterocycles. The summed E-state index contributed by atoms with van der Waals surface area (Å²) in [7, 11) is 0. The molecule has 2 atom stereocenters. The molecule has 1 aliphatic heterocycles. The van der Waals surface area contributed by atoms with Crippen LogP contribution in [0, 0.1) is 5.41 Å². The van der Waals surface area contributed by atoms with Crippen molar-refractivity contribution in [3.8, 4) is 0 Å². The highest BCUT2D eigenvalue weighted by molar-refractivity contribution is 5.08. The van der Waals surface area contributed by atoms with Gasteiger partial charge >= 0.3 is 0 Å². The molecule has 2 aliphatic rings. The Morgan fingerprint density at radius 2 is 1.89 bits per heavy atom. The van der Waals surface area contributed by atoms with E-state index >= 15 is 0 Å².